The SMILES string of the molecule is CC(C)(C)OC(=O)N1CCC(CCc2noc3c(CO)cc(OCc4ccccc4)c(F)c23)CC1. The first-order valence-corrected chi connectivity index (χ1v) is 12.1. The number of nitrogens with zero attached hydrogens (tertiary/aromatic N) is 2. The number of carbonyl (C=O) groups is 1. The number of aliphatic hydroxyl groups is 1. The second-order valence-corrected chi connectivity index (χ2v) is 10.1. The summed E-state index contributed by atoms with van der Waals surface area (Å²) < 4.78 is 32.1. The lowest BCUT2D eigenvalue weighted by atomic mass is 9.91. The number of aliphatic hydroxyl groups excluding tert-OH is 1. The number of carbonyl (C=O) groups excluding carboxylic acids is 1. The largest absolute Gasteiger partial charge is 0.486 e. The third-order valence-electron chi connectivity index (χ3n) is 6.26. The molecule has 0 spiro atoms. The fourth-order valence-corrected chi connectivity index (χ4v) is 4.38. The maximum absolute atomic E-state index is 15.5. The number of ether oxygens (including phenoxy) is 2. The van der Waals surface area contributed by atoms with E-state index in [-0.39, 0.29) is 36.0 Å². The van der Waals surface area contributed by atoms with E-state index in [9.17, 15) is 9.90 Å². The van der Waals surface area contributed by atoms with Gasteiger partial charge in [0.05, 0.1) is 17.7 Å². The molecule has 1 amide bonds. The highest BCUT2D eigenvalue weighted by Crippen LogP contribution is 2.34. The van der Waals surface area contributed by atoms with Crippen LogP contribution < -0.4 is 4.74 Å². The molecule has 7 nitrogen and oxygen atoms in total. The van der Waals surface area contributed by atoms with E-state index in [4.69, 9.17) is 14.0 Å². The van der Waals surface area contributed by atoms with Gasteiger partial charge in [-0.1, -0.05) is 35.5 Å². The number of rotatable bonds is 7. The van der Waals surface area contributed by atoms with Crippen molar-refractivity contribution in [1.82, 2.24) is 10.1 Å². The fraction of sp³-hybridized carbons (Fsp3) is 0.481. The maximum Gasteiger partial charge on any atom is 0.410 e. The Morgan fingerprint density at radius 3 is 2.60 bits per heavy atom. The van der Waals surface area contributed by atoms with E-state index in [2.05, 4.69) is 5.16 Å². The number of aromatic nitrogens is 1. The van der Waals surface area contributed by atoms with Gasteiger partial charge < -0.3 is 24.0 Å². The molecule has 0 saturated carbocycles. The van der Waals surface area contributed by atoms with Gasteiger partial charge >= 0.3 is 6.09 Å². The Labute approximate surface area is 204 Å². The Balaban J connectivity index is 1.42. The summed E-state index contributed by atoms with van der Waals surface area (Å²) in [6, 6.07) is 11.0. The smallest absolute Gasteiger partial charge is 0.410 e. The summed E-state index contributed by atoms with van der Waals surface area (Å²) in [7, 11) is 0. The molecule has 1 saturated heterocycles. The van der Waals surface area contributed by atoms with Gasteiger partial charge in [-0.3, -0.25) is 0 Å². The zero-order chi connectivity index (χ0) is 25.0. The summed E-state index contributed by atoms with van der Waals surface area (Å²) in [5.41, 5.74) is 1.62. The monoisotopic (exact) mass is 484 g/mol. The number of halogens is 1. The van der Waals surface area contributed by atoms with Crippen molar-refractivity contribution < 1.29 is 28.3 Å². The van der Waals surface area contributed by atoms with Crippen LogP contribution in [0.15, 0.2) is 40.9 Å². The quantitative estimate of drug-likeness (QED) is 0.469. The van der Waals surface area contributed by atoms with Gasteiger partial charge in [0, 0.05) is 18.7 Å². The molecule has 1 aliphatic rings. The van der Waals surface area contributed by atoms with Crippen molar-refractivity contribution in [2.24, 2.45) is 5.92 Å². The minimum atomic E-state index is -0.524. The van der Waals surface area contributed by atoms with Crippen LogP contribution in [0.1, 0.15) is 56.9 Å². The number of aryl methyl sites for hydroxylation is 1. The van der Waals surface area contributed by atoms with Gasteiger partial charge in [-0.05, 0) is 64.0 Å². The molecule has 1 aliphatic heterocycles. The zero-order valence-corrected chi connectivity index (χ0v) is 20.6. The normalized spacial score (nSPS) is 14.9. The fourth-order valence-electron chi connectivity index (χ4n) is 4.38. The van der Waals surface area contributed by atoms with E-state index >= 15 is 4.39 Å². The predicted octanol–water partition coefficient (Wildman–Crippen LogP) is 5.62. The van der Waals surface area contributed by atoms with Crippen molar-refractivity contribution in [2.45, 2.75) is 65.3 Å². The highest BCUT2D eigenvalue weighted by atomic mass is 19.1. The number of fused-ring (bicyclic) bond motifs is 1. The molecule has 1 N–H and O–H groups in total. The molecule has 3 aromatic rings. The second kappa shape index (κ2) is 10.6. The number of likely N-dealkylation sites (tertiary alicyclic amines) is 1. The number of hydrogen-bond donors (Lipinski definition) is 1. The first-order chi connectivity index (χ1) is 16.7. The Bertz CT molecular complexity index is 1150. The molecule has 0 aliphatic carbocycles. The molecule has 35 heavy (non-hydrogen) atoms. The molecule has 1 fully saturated rings. The molecule has 188 valence electrons. The van der Waals surface area contributed by atoms with Crippen LogP contribution in [0.5, 0.6) is 5.75 Å². The van der Waals surface area contributed by atoms with Crippen LogP contribution in [-0.2, 0) is 24.4 Å². The van der Waals surface area contributed by atoms with Crippen LogP contribution in [0.25, 0.3) is 11.0 Å². The minimum Gasteiger partial charge on any atom is -0.486 e. The summed E-state index contributed by atoms with van der Waals surface area (Å²) >= 11 is 0. The lowest BCUT2D eigenvalue weighted by molar-refractivity contribution is 0.0181. The van der Waals surface area contributed by atoms with Crippen LogP contribution in [-0.4, -0.2) is 39.9 Å². The highest BCUT2D eigenvalue weighted by molar-refractivity contribution is 5.85. The standard InChI is InChI=1S/C27H33FN2O5/c1-27(2,3)34-26(32)30-13-11-18(12-14-30)9-10-21-23-24(28)22(15-20(16-31)25(23)35-29-21)33-17-19-7-5-4-6-8-19/h4-8,15,18,31H,9-14,16-17H2,1-3H3. The molecule has 4 rings (SSSR count). The van der Waals surface area contributed by atoms with Gasteiger partial charge in [-0.2, -0.15) is 0 Å². The van der Waals surface area contributed by atoms with Gasteiger partial charge in [0.2, 0.25) is 0 Å². The Kier molecular flexibility index (Phi) is 7.60. The molecule has 8 heteroatoms. The summed E-state index contributed by atoms with van der Waals surface area (Å²) in [6.45, 7) is 6.76. The Morgan fingerprint density at radius 1 is 1.23 bits per heavy atom. The van der Waals surface area contributed by atoms with Crippen LogP contribution >= 0.6 is 0 Å². The van der Waals surface area contributed by atoms with E-state index in [1.165, 1.54) is 6.07 Å². The van der Waals surface area contributed by atoms with E-state index < -0.39 is 11.4 Å². The van der Waals surface area contributed by atoms with Crippen LogP contribution in [0.2, 0.25) is 0 Å². The summed E-state index contributed by atoms with van der Waals surface area (Å²) in [6.07, 6.45) is 2.76. The number of hydrogen-bond acceptors (Lipinski definition) is 6. The van der Waals surface area contributed by atoms with E-state index in [0.717, 1.165) is 24.8 Å². The van der Waals surface area contributed by atoms with Gasteiger partial charge in [0.1, 0.15) is 12.2 Å². The maximum atomic E-state index is 15.5. The minimum absolute atomic E-state index is 0.0699. The number of amides is 1. The van der Waals surface area contributed by atoms with Gasteiger partial charge in [0.25, 0.3) is 0 Å². The molecule has 2 heterocycles. The molecule has 2 aromatic carbocycles. The summed E-state index contributed by atoms with van der Waals surface area (Å²) in [5.74, 6) is -0.0667. The van der Waals surface area contributed by atoms with Crippen LogP contribution in [0.4, 0.5) is 9.18 Å². The third-order valence-corrected chi connectivity index (χ3v) is 6.26. The van der Waals surface area contributed by atoms with E-state index in [1.807, 2.05) is 51.1 Å². The Morgan fingerprint density at radius 2 is 1.94 bits per heavy atom. The molecule has 0 bridgehead atoms. The van der Waals surface area contributed by atoms with Crippen molar-refractivity contribution in [3.63, 3.8) is 0 Å². The zero-order valence-electron chi connectivity index (χ0n) is 20.6. The van der Waals surface area contributed by atoms with Crippen molar-refractivity contribution in [3.05, 3.63) is 59.0 Å². The average Bonchev–Trinajstić information content (AvgIpc) is 3.27. The third kappa shape index (κ3) is 6.11. The first-order valence-electron chi connectivity index (χ1n) is 12.1. The molecular formula is C27H33FN2O5. The van der Waals surface area contributed by atoms with Gasteiger partial charge in [-0.25, -0.2) is 9.18 Å². The Hall–Kier alpha value is -3.13. The molecular weight excluding hydrogens is 451 g/mol. The molecule has 0 atom stereocenters. The van der Waals surface area contributed by atoms with E-state index in [1.54, 1.807) is 4.90 Å². The molecule has 0 unspecified atom stereocenters. The van der Waals surface area contributed by atoms with Gasteiger partial charge in [0.15, 0.2) is 17.1 Å². The second-order valence-electron chi connectivity index (χ2n) is 10.1. The lowest BCUT2D eigenvalue weighted by Gasteiger charge is -2.33. The van der Waals surface area contributed by atoms with Crippen molar-refractivity contribution in [3.8, 4) is 5.75 Å². The topological polar surface area (TPSA) is 85.0 Å². The lowest BCUT2D eigenvalue weighted by Crippen LogP contribution is -2.41. The number of benzene rings is 2. The molecule has 0 radical (unpaired) electrons. The van der Waals surface area contributed by atoms with Crippen molar-refractivity contribution >= 4 is 17.1 Å². The van der Waals surface area contributed by atoms with Gasteiger partial charge in [-0.15, -0.1) is 0 Å². The first kappa shape index (κ1) is 25.0. The molecule has 1 aromatic heterocycles. The van der Waals surface area contributed by atoms with Crippen molar-refractivity contribution in [2.75, 3.05) is 13.1 Å². The van der Waals surface area contributed by atoms with Crippen molar-refractivity contribution in [1.29, 1.82) is 0 Å². The van der Waals surface area contributed by atoms with Crippen LogP contribution in [0, 0.1) is 11.7 Å². The number of piperidine rings is 1. The summed E-state index contributed by atoms with van der Waals surface area (Å²) in [4.78, 5) is 14.0. The summed E-state index contributed by atoms with van der Waals surface area (Å²) in [5, 5.41) is 14.2. The van der Waals surface area contributed by atoms with E-state index in [0.29, 0.717) is 36.7 Å². The predicted molar refractivity (Wildman–Crippen MR) is 130 cm³/mol. The average molecular weight is 485 g/mol. The highest BCUT2D eigenvalue weighted by Gasteiger charge is 2.28. The van der Waals surface area contributed by atoms with Crippen LogP contribution in [0.3, 0.4) is 0 Å².